The first-order valence-electron chi connectivity index (χ1n) is 6.53. The highest BCUT2D eigenvalue weighted by Gasteiger charge is 2.12. The van der Waals surface area contributed by atoms with Gasteiger partial charge >= 0.3 is 0 Å². The van der Waals surface area contributed by atoms with Crippen LogP contribution in [0.5, 0.6) is 0 Å². The minimum Gasteiger partial charge on any atom is -0.333 e. The summed E-state index contributed by atoms with van der Waals surface area (Å²) >= 11 is 0. The fourth-order valence-corrected chi connectivity index (χ4v) is 2.18. The average Bonchev–Trinajstić information content (AvgIpc) is 2.87. The molecule has 1 aromatic heterocycles. The van der Waals surface area contributed by atoms with Crippen molar-refractivity contribution in [2.75, 3.05) is 0 Å². The van der Waals surface area contributed by atoms with E-state index in [0.717, 1.165) is 18.7 Å². The second-order valence-electron chi connectivity index (χ2n) is 4.80. The maximum Gasteiger partial charge on any atom is 0.0948 e. The second kappa shape index (κ2) is 5.83. The molecular formula is C15H21N3. The van der Waals surface area contributed by atoms with Crippen LogP contribution in [0.15, 0.2) is 42.9 Å². The van der Waals surface area contributed by atoms with Crippen molar-refractivity contribution >= 4 is 0 Å². The van der Waals surface area contributed by atoms with Crippen LogP contribution in [-0.4, -0.2) is 9.55 Å². The molecule has 2 aromatic rings. The second-order valence-corrected chi connectivity index (χ2v) is 4.80. The van der Waals surface area contributed by atoms with E-state index in [1.54, 1.807) is 0 Å². The first-order chi connectivity index (χ1) is 8.72. The molecule has 0 aliphatic carbocycles. The summed E-state index contributed by atoms with van der Waals surface area (Å²) in [6.45, 7) is 5.26. The number of aromatic nitrogens is 2. The van der Waals surface area contributed by atoms with Crippen LogP contribution in [-0.2, 0) is 6.54 Å². The fraction of sp³-hybridized carbons (Fsp3) is 0.400. The van der Waals surface area contributed by atoms with E-state index in [2.05, 4.69) is 47.7 Å². The Hall–Kier alpha value is -1.61. The zero-order valence-corrected chi connectivity index (χ0v) is 11.1. The molecular weight excluding hydrogens is 222 g/mol. The van der Waals surface area contributed by atoms with Gasteiger partial charge in [-0.3, -0.25) is 0 Å². The summed E-state index contributed by atoms with van der Waals surface area (Å²) in [5.74, 6) is 0.461. The van der Waals surface area contributed by atoms with Crippen molar-refractivity contribution in [3.05, 3.63) is 54.1 Å². The zero-order chi connectivity index (χ0) is 13.0. The van der Waals surface area contributed by atoms with E-state index < -0.39 is 0 Å². The van der Waals surface area contributed by atoms with E-state index in [-0.39, 0.29) is 6.04 Å². The van der Waals surface area contributed by atoms with Crippen molar-refractivity contribution in [2.45, 2.75) is 38.8 Å². The van der Waals surface area contributed by atoms with Crippen LogP contribution in [0.1, 0.15) is 43.5 Å². The summed E-state index contributed by atoms with van der Waals surface area (Å²) < 4.78 is 2.17. The van der Waals surface area contributed by atoms with Gasteiger partial charge in [0.1, 0.15) is 0 Å². The van der Waals surface area contributed by atoms with Crippen LogP contribution in [0.25, 0.3) is 0 Å². The lowest BCUT2D eigenvalue weighted by Gasteiger charge is -2.17. The smallest absolute Gasteiger partial charge is 0.0948 e. The molecule has 0 saturated heterocycles. The van der Waals surface area contributed by atoms with Crippen molar-refractivity contribution < 1.29 is 0 Å². The molecule has 2 N–H and O–H groups in total. The largest absolute Gasteiger partial charge is 0.333 e. The van der Waals surface area contributed by atoms with Gasteiger partial charge < -0.3 is 10.3 Å². The van der Waals surface area contributed by atoms with Gasteiger partial charge in [-0.15, -0.1) is 0 Å². The number of benzene rings is 1. The monoisotopic (exact) mass is 243 g/mol. The van der Waals surface area contributed by atoms with E-state index in [9.17, 15) is 0 Å². The lowest BCUT2D eigenvalue weighted by atomic mass is 10.0. The topological polar surface area (TPSA) is 43.8 Å². The molecule has 0 bridgehead atoms. The third kappa shape index (κ3) is 2.79. The van der Waals surface area contributed by atoms with Gasteiger partial charge in [0.2, 0.25) is 0 Å². The number of nitrogens with zero attached hydrogens (tertiary/aromatic N) is 2. The first kappa shape index (κ1) is 12.8. The number of rotatable bonds is 5. The van der Waals surface area contributed by atoms with Crippen LogP contribution >= 0.6 is 0 Å². The van der Waals surface area contributed by atoms with Gasteiger partial charge in [-0.2, -0.15) is 0 Å². The van der Waals surface area contributed by atoms with Gasteiger partial charge in [-0.05, 0) is 17.9 Å². The zero-order valence-electron chi connectivity index (χ0n) is 11.1. The Morgan fingerprint density at radius 1 is 1.28 bits per heavy atom. The maximum atomic E-state index is 6.09. The predicted octanol–water partition coefficient (Wildman–Crippen LogP) is 3.10. The molecule has 3 nitrogen and oxygen atoms in total. The minimum absolute atomic E-state index is 0.0791. The SMILES string of the molecule is CC[C@@H](N)c1cncn1CC(C)c1ccccc1. The average molecular weight is 243 g/mol. The molecule has 0 saturated carbocycles. The summed E-state index contributed by atoms with van der Waals surface area (Å²) in [5, 5.41) is 0. The number of hydrogen-bond acceptors (Lipinski definition) is 2. The van der Waals surface area contributed by atoms with E-state index in [0.29, 0.717) is 5.92 Å². The predicted molar refractivity (Wildman–Crippen MR) is 74.3 cm³/mol. The lowest BCUT2D eigenvalue weighted by Crippen LogP contribution is -2.16. The van der Waals surface area contributed by atoms with Crippen molar-refractivity contribution in [3.63, 3.8) is 0 Å². The first-order valence-corrected chi connectivity index (χ1v) is 6.53. The number of nitrogens with two attached hydrogens (primary N) is 1. The Morgan fingerprint density at radius 2 is 2.00 bits per heavy atom. The molecule has 1 aromatic carbocycles. The fourth-order valence-electron chi connectivity index (χ4n) is 2.18. The van der Waals surface area contributed by atoms with Gasteiger partial charge in [-0.25, -0.2) is 4.98 Å². The van der Waals surface area contributed by atoms with E-state index in [4.69, 9.17) is 5.73 Å². The molecule has 3 heteroatoms. The van der Waals surface area contributed by atoms with Crippen molar-refractivity contribution in [2.24, 2.45) is 5.73 Å². The Kier molecular flexibility index (Phi) is 4.15. The van der Waals surface area contributed by atoms with Crippen LogP contribution in [0.4, 0.5) is 0 Å². The minimum atomic E-state index is 0.0791. The van der Waals surface area contributed by atoms with Crippen LogP contribution in [0.3, 0.4) is 0 Å². The standard InChI is InChI=1S/C15H21N3/c1-3-14(16)15-9-17-11-18(15)10-12(2)13-7-5-4-6-8-13/h4-9,11-12,14H,3,10,16H2,1-2H3/t12?,14-/m1/s1. The molecule has 18 heavy (non-hydrogen) atoms. The molecule has 1 heterocycles. The Balaban J connectivity index is 2.12. The Labute approximate surface area is 109 Å². The van der Waals surface area contributed by atoms with Gasteiger partial charge in [0.15, 0.2) is 0 Å². The van der Waals surface area contributed by atoms with Crippen molar-refractivity contribution in [1.29, 1.82) is 0 Å². The highest BCUT2D eigenvalue weighted by Crippen LogP contribution is 2.20. The molecule has 0 spiro atoms. The number of imidazole rings is 1. The Bertz CT molecular complexity index is 475. The Morgan fingerprint density at radius 3 is 2.67 bits per heavy atom. The van der Waals surface area contributed by atoms with Crippen LogP contribution in [0.2, 0.25) is 0 Å². The normalized spacial score (nSPS) is 14.4. The summed E-state index contributed by atoms with van der Waals surface area (Å²) in [6.07, 6.45) is 4.70. The van der Waals surface area contributed by atoms with Crippen LogP contribution < -0.4 is 5.73 Å². The molecule has 2 rings (SSSR count). The van der Waals surface area contributed by atoms with Crippen molar-refractivity contribution in [3.8, 4) is 0 Å². The van der Waals surface area contributed by atoms with Gasteiger partial charge in [0.25, 0.3) is 0 Å². The van der Waals surface area contributed by atoms with E-state index in [1.165, 1.54) is 5.56 Å². The molecule has 1 unspecified atom stereocenters. The molecule has 0 amide bonds. The third-order valence-electron chi connectivity index (χ3n) is 3.40. The van der Waals surface area contributed by atoms with Gasteiger partial charge in [-0.1, -0.05) is 44.2 Å². The van der Waals surface area contributed by atoms with Crippen molar-refractivity contribution in [1.82, 2.24) is 9.55 Å². The molecule has 0 aliphatic rings. The molecule has 96 valence electrons. The third-order valence-corrected chi connectivity index (χ3v) is 3.40. The molecule has 2 atom stereocenters. The summed E-state index contributed by atoms with van der Waals surface area (Å²) in [5.41, 5.74) is 8.57. The maximum absolute atomic E-state index is 6.09. The number of hydrogen-bond donors (Lipinski definition) is 1. The quantitative estimate of drug-likeness (QED) is 0.877. The van der Waals surface area contributed by atoms with Gasteiger partial charge in [0, 0.05) is 18.8 Å². The van der Waals surface area contributed by atoms with E-state index in [1.807, 2.05) is 18.6 Å². The molecule has 0 aliphatic heterocycles. The van der Waals surface area contributed by atoms with E-state index >= 15 is 0 Å². The summed E-state index contributed by atoms with van der Waals surface area (Å²) in [7, 11) is 0. The molecule has 0 fully saturated rings. The van der Waals surface area contributed by atoms with Gasteiger partial charge in [0.05, 0.1) is 12.0 Å². The summed E-state index contributed by atoms with van der Waals surface area (Å²) in [6, 6.07) is 10.6. The summed E-state index contributed by atoms with van der Waals surface area (Å²) in [4.78, 5) is 4.22. The van der Waals surface area contributed by atoms with Crippen LogP contribution in [0, 0.1) is 0 Å². The highest BCUT2D eigenvalue weighted by molar-refractivity contribution is 5.19. The molecule has 0 radical (unpaired) electrons. The highest BCUT2D eigenvalue weighted by atomic mass is 15.1. The lowest BCUT2D eigenvalue weighted by molar-refractivity contribution is 0.543.